The number of ether oxygens (including phenoxy) is 2. The third kappa shape index (κ3) is 3.09. The molecule has 2 atom stereocenters. The molecule has 4 heteroatoms. The molecule has 2 fully saturated rings. The van der Waals surface area contributed by atoms with Gasteiger partial charge in [-0.2, -0.15) is 0 Å². The van der Waals surface area contributed by atoms with E-state index in [0.29, 0.717) is 5.92 Å². The van der Waals surface area contributed by atoms with Crippen LogP contribution in [0.1, 0.15) is 19.3 Å². The van der Waals surface area contributed by atoms with Crippen molar-refractivity contribution in [1.82, 2.24) is 5.32 Å². The van der Waals surface area contributed by atoms with E-state index in [4.69, 9.17) is 9.47 Å². The molecule has 2 unspecified atom stereocenters. The molecule has 0 saturated carbocycles. The van der Waals surface area contributed by atoms with E-state index in [2.05, 4.69) is 5.32 Å². The van der Waals surface area contributed by atoms with E-state index in [1.54, 1.807) is 0 Å². The van der Waals surface area contributed by atoms with Crippen molar-refractivity contribution in [3.05, 3.63) is 0 Å². The largest absolute Gasteiger partial charge is 0.381 e. The predicted octanol–water partition coefficient (Wildman–Crippen LogP) is 1.17. The topological polar surface area (TPSA) is 30.5 Å². The summed E-state index contributed by atoms with van der Waals surface area (Å²) in [6, 6.07) is 0. The highest BCUT2D eigenvalue weighted by Gasteiger charge is 2.25. The van der Waals surface area contributed by atoms with Gasteiger partial charge in [0.2, 0.25) is 0 Å². The van der Waals surface area contributed by atoms with Crippen molar-refractivity contribution in [2.24, 2.45) is 5.92 Å². The van der Waals surface area contributed by atoms with Gasteiger partial charge in [-0.15, -0.1) is 12.4 Å². The van der Waals surface area contributed by atoms with Gasteiger partial charge in [-0.05, 0) is 25.8 Å². The van der Waals surface area contributed by atoms with E-state index in [-0.39, 0.29) is 18.6 Å². The molecule has 2 aliphatic rings. The van der Waals surface area contributed by atoms with Crippen molar-refractivity contribution in [1.29, 1.82) is 0 Å². The van der Waals surface area contributed by atoms with Crippen LogP contribution in [0, 0.1) is 5.92 Å². The van der Waals surface area contributed by atoms with Gasteiger partial charge in [-0.25, -0.2) is 0 Å². The van der Waals surface area contributed by atoms with Crippen LogP contribution in [0.3, 0.4) is 0 Å². The second-order valence-corrected chi connectivity index (χ2v) is 3.58. The van der Waals surface area contributed by atoms with Gasteiger partial charge in [0.15, 0.2) is 0 Å². The maximum Gasteiger partial charge on any atom is 0.113 e. The first kappa shape index (κ1) is 11.2. The Morgan fingerprint density at radius 3 is 2.69 bits per heavy atom. The minimum atomic E-state index is 0. The molecule has 0 radical (unpaired) electrons. The maximum atomic E-state index is 5.63. The van der Waals surface area contributed by atoms with Gasteiger partial charge in [-0.3, -0.25) is 5.32 Å². The first-order valence-corrected chi connectivity index (χ1v) is 4.89. The zero-order chi connectivity index (χ0) is 8.23. The number of rotatable bonds is 1. The SMILES string of the molecule is C1CNC(C2CCCOC2)OC1.Cl. The van der Waals surface area contributed by atoms with Crippen LogP contribution < -0.4 is 5.32 Å². The quantitative estimate of drug-likeness (QED) is 0.701. The summed E-state index contributed by atoms with van der Waals surface area (Å²) in [6.45, 7) is 3.82. The fourth-order valence-electron chi connectivity index (χ4n) is 1.89. The highest BCUT2D eigenvalue weighted by Crippen LogP contribution is 2.19. The van der Waals surface area contributed by atoms with Crippen molar-refractivity contribution in [3.63, 3.8) is 0 Å². The minimum Gasteiger partial charge on any atom is -0.381 e. The monoisotopic (exact) mass is 207 g/mol. The molecule has 0 aromatic heterocycles. The molecule has 78 valence electrons. The van der Waals surface area contributed by atoms with Crippen molar-refractivity contribution >= 4 is 12.4 Å². The Morgan fingerprint density at radius 1 is 1.15 bits per heavy atom. The Balaban J connectivity index is 0.000000845. The zero-order valence-electron chi connectivity index (χ0n) is 7.83. The van der Waals surface area contributed by atoms with Crippen LogP contribution in [0.5, 0.6) is 0 Å². The Bertz CT molecular complexity index is 118. The first-order valence-electron chi connectivity index (χ1n) is 4.89. The predicted molar refractivity (Wildman–Crippen MR) is 53.2 cm³/mol. The smallest absolute Gasteiger partial charge is 0.113 e. The number of hydrogen-bond donors (Lipinski definition) is 1. The average Bonchev–Trinajstić information content (AvgIpc) is 2.21. The molecule has 0 aromatic carbocycles. The summed E-state index contributed by atoms with van der Waals surface area (Å²) < 4.78 is 11.0. The number of nitrogens with one attached hydrogen (secondary N) is 1. The van der Waals surface area contributed by atoms with Crippen LogP contribution in [-0.4, -0.2) is 32.6 Å². The summed E-state index contributed by atoms with van der Waals surface area (Å²) in [6.07, 6.45) is 3.84. The van der Waals surface area contributed by atoms with Gasteiger partial charge in [0.05, 0.1) is 6.61 Å². The number of hydrogen-bond acceptors (Lipinski definition) is 3. The fourth-order valence-corrected chi connectivity index (χ4v) is 1.89. The molecule has 13 heavy (non-hydrogen) atoms. The van der Waals surface area contributed by atoms with Crippen LogP contribution in [0.4, 0.5) is 0 Å². The van der Waals surface area contributed by atoms with Crippen molar-refractivity contribution < 1.29 is 9.47 Å². The Hall–Kier alpha value is 0.170. The van der Waals surface area contributed by atoms with Crippen molar-refractivity contribution in [3.8, 4) is 0 Å². The Kier molecular flexibility index (Phi) is 5.02. The van der Waals surface area contributed by atoms with E-state index in [1.807, 2.05) is 0 Å². The second kappa shape index (κ2) is 5.81. The van der Waals surface area contributed by atoms with Crippen LogP contribution in [0.2, 0.25) is 0 Å². The molecule has 0 spiro atoms. The average molecular weight is 208 g/mol. The van der Waals surface area contributed by atoms with E-state index in [9.17, 15) is 0 Å². The van der Waals surface area contributed by atoms with Crippen LogP contribution in [0.15, 0.2) is 0 Å². The van der Waals surface area contributed by atoms with E-state index >= 15 is 0 Å². The lowest BCUT2D eigenvalue weighted by Gasteiger charge is -2.33. The summed E-state index contributed by atoms with van der Waals surface area (Å²) in [5, 5.41) is 3.39. The molecule has 2 saturated heterocycles. The molecule has 2 aliphatic heterocycles. The fraction of sp³-hybridized carbons (Fsp3) is 1.00. The van der Waals surface area contributed by atoms with Gasteiger partial charge in [-0.1, -0.05) is 0 Å². The maximum absolute atomic E-state index is 5.63. The first-order chi connectivity index (χ1) is 5.97. The molecule has 0 aromatic rings. The number of halogens is 1. The summed E-state index contributed by atoms with van der Waals surface area (Å²) in [5.74, 6) is 0.582. The van der Waals surface area contributed by atoms with Gasteiger partial charge in [0.1, 0.15) is 6.23 Å². The highest BCUT2D eigenvalue weighted by molar-refractivity contribution is 5.85. The molecular formula is C9H18ClNO2. The third-order valence-electron chi connectivity index (χ3n) is 2.59. The van der Waals surface area contributed by atoms with E-state index in [0.717, 1.165) is 32.8 Å². The molecular weight excluding hydrogens is 190 g/mol. The van der Waals surface area contributed by atoms with Gasteiger partial charge in [0, 0.05) is 19.1 Å². The Labute approximate surface area is 85.6 Å². The zero-order valence-corrected chi connectivity index (χ0v) is 8.65. The lowest BCUT2D eigenvalue weighted by Crippen LogP contribution is -2.46. The van der Waals surface area contributed by atoms with Crippen molar-refractivity contribution in [2.45, 2.75) is 25.5 Å². The van der Waals surface area contributed by atoms with Crippen molar-refractivity contribution in [2.75, 3.05) is 26.4 Å². The summed E-state index contributed by atoms with van der Waals surface area (Å²) in [7, 11) is 0. The molecule has 3 nitrogen and oxygen atoms in total. The molecule has 0 amide bonds. The van der Waals surface area contributed by atoms with E-state index < -0.39 is 0 Å². The minimum absolute atomic E-state index is 0. The summed E-state index contributed by atoms with van der Waals surface area (Å²) >= 11 is 0. The van der Waals surface area contributed by atoms with Crippen LogP contribution in [0.25, 0.3) is 0 Å². The molecule has 0 aliphatic carbocycles. The molecule has 2 heterocycles. The third-order valence-corrected chi connectivity index (χ3v) is 2.59. The normalized spacial score (nSPS) is 35.1. The summed E-state index contributed by atoms with van der Waals surface area (Å²) in [4.78, 5) is 0. The lowest BCUT2D eigenvalue weighted by atomic mass is 10.00. The molecule has 1 N–H and O–H groups in total. The summed E-state index contributed by atoms with van der Waals surface area (Å²) in [5.41, 5.74) is 0. The van der Waals surface area contributed by atoms with Gasteiger partial charge in [0.25, 0.3) is 0 Å². The van der Waals surface area contributed by atoms with Gasteiger partial charge < -0.3 is 9.47 Å². The lowest BCUT2D eigenvalue weighted by molar-refractivity contribution is -0.0781. The highest BCUT2D eigenvalue weighted by atomic mass is 35.5. The van der Waals surface area contributed by atoms with Gasteiger partial charge >= 0.3 is 0 Å². The standard InChI is InChI=1S/C9H17NO2.ClH/c1-3-8(7-11-5-1)9-10-4-2-6-12-9;/h8-10H,1-7H2;1H. The van der Waals surface area contributed by atoms with Crippen LogP contribution >= 0.6 is 12.4 Å². The molecule has 0 bridgehead atoms. The van der Waals surface area contributed by atoms with Crippen LogP contribution in [-0.2, 0) is 9.47 Å². The Morgan fingerprint density at radius 2 is 2.08 bits per heavy atom. The van der Waals surface area contributed by atoms with E-state index in [1.165, 1.54) is 12.8 Å². The molecule has 2 rings (SSSR count). The second-order valence-electron chi connectivity index (χ2n) is 3.58.